The van der Waals surface area contributed by atoms with E-state index in [4.69, 9.17) is 9.05 Å². The highest BCUT2D eigenvalue weighted by molar-refractivity contribution is 9.09. The van der Waals surface area contributed by atoms with Crippen LogP contribution in [0.15, 0.2) is 0 Å². The van der Waals surface area contributed by atoms with E-state index < -0.39 is 7.82 Å². The SMILES string of the molecule is O=P(O)(OC1CCC(Br)C1)OC1CCC(Br)C1. The van der Waals surface area contributed by atoms with Crippen molar-refractivity contribution in [2.24, 2.45) is 0 Å². The molecule has 2 rings (SSSR count). The van der Waals surface area contributed by atoms with E-state index in [0.29, 0.717) is 9.65 Å². The molecule has 1 N–H and O–H groups in total. The average molecular weight is 392 g/mol. The molecule has 2 saturated carbocycles. The summed E-state index contributed by atoms with van der Waals surface area (Å²) in [5, 5.41) is 0. The van der Waals surface area contributed by atoms with Crippen molar-refractivity contribution < 1.29 is 18.5 Å². The third kappa shape index (κ3) is 4.59. The normalized spacial score (nSPS) is 41.6. The standard InChI is InChI=1S/C10H17Br2O4P/c11-7-1-3-9(5-7)15-17(13,14)16-10-4-2-8(12)6-10/h7-10H,1-6H2,(H,13,14). The Hall–Kier alpha value is 1.07. The van der Waals surface area contributed by atoms with Crippen LogP contribution in [0.4, 0.5) is 0 Å². The molecular weight excluding hydrogens is 375 g/mol. The fraction of sp³-hybridized carbons (Fsp3) is 1.00. The van der Waals surface area contributed by atoms with Gasteiger partial charge in [0, 0.05) is 9.65 Å². The minimum Gasteiger partial charge on any atom is -0.302 e. The van der Waals surface area contributed by atoms with Crippen LogP contribution in [0.25, 0.3) is 0 Å². The number of halogens is 2. The Balaban J connectivity index is 1.80. The number of phosphoric ester groups is 1. The first-order chi connectivity index (χ1) is 7.94. The molecule has 0 bridgehead atoms. The summed E-state index contributed by atoms with van der Waals surface area (Å²) in [6.45, 7) is 0. The highest BCUT2D eigenvalue weighted by Crippen LogP contribution is 2.50. The van der Waals surface area contributed by atoms with Crippen molar-refractivity contribution in [3.05, 3.63) is 0 Å². The Morgan fingerprint density at radius 3 is 1.65 bits per heavy atom. The number of rotatable bonds is 4. The molecule has 0 amide bonds. The van der Waals surface area contributed by atoms with Gasteiger partial charge in [-0.05, 0) is 38.5 Å². The summed E-state index contributed by atoms with van der Waals surface area (Å²) in [6, 6.07) is 0. The second-order valence-electron chi connectivity index (χ2n) is 4.74. The van der Waals surface area contributed by atoms with Gasteiger partial charge in [-0.15, -0.1) is 0 Å². The first-order valence-corrected chi connectivity index (χ1v) is 9.25. The predicted molar refractivity (Wildman–Crippen MR) is 72.7 cm³/mol. The average Bonchev–Trinajstić information content (AvgIpc) is 2.74. The van der Waals surface area contributed by atoms with Crippen LogP contribution in [0.5, 0.6) is 0 Å². The summed E-state index contributed by atoms with van der Waals surface area (Å²) >= 11 is 6.97. The molecule has 0 heterocycles. The van der Waals surface area contributed by atoms with E-state index in [1.54, 1.807) is 0 Å². The fourth-order valence-electron chi connectivity index (χ4n) is 2.37. The molecule has 0 saturated heterocycles. The number of hydrogen-bond acceptors (Lipinski definition) is 3. The van der Waals surface area contributed by atoms with Gasteiger partial charge in [0.05, 0.1) is 12.2 Å². The van der Waals surface area contributed by atoms with Crippen LogP contribution in [-0.2, 0) is 13.6 Å². The molecule has 0 aromatic rings. The molecule has 0 radical (unpaired) electrons. The molecular formula is C10H17Br2O4P. The third-order valence-electron chi connectivity index (χ3n) is 3.21. The maximum absolute atomic E-state index is 11.8. The molecule has 0 aromatic heterocycles. The molecule has 4 atom stereocenters. The van der Waals surface area contributed by atoms with Gasteiger partial charge >= 0.3 is 7.82 Å². The maximum atomic E-state index is 11.8. The zero-order chi connectivity index (χ0) is 12.5. The zero-order valence-electron chi connectivity index (χ0n) is 9.43. The quantitative estimate of drug-likeness (QED) is 0.585. The Kier molecular flexibility index (Phi) is 5.12. The molecule has 4 unspecified atom stereocenters. The van der Waals surface area contributed by atoms with E-state index in [9.17, 15) is 9.46 Å². The van der Waals surface area contributed by atoms with Crippen molar-refractivity contribution in [3.63, 3.8) is 0 Å². The number of hydrogen-bond donors (Lipinski definition) is 1. The smallest absolute Gasteiger partial charge is 0.302 e. The first kappa shape index (κ1) is 14.5. The van der Waals surface area contributed by atoms with Gasteiger partial charge < -0.3 is 4.89 Å². The summed E-state index contributed by atoms with van der Waals surface area (Å²) in [6.07, 6.45) is 4.84. The molecule has 2 aliphatic carbocycles. The van der Waals surface area contributed by atoms with E-state index in [1.165, 1.54) is 0 Å². The van der Waals surface area contributed by atoms with Crippen molar-refractivity contribution in [1.29, 1.82) is 0 Å². The van der Waals surface area contributed by atoms with Crippen molar-refractivity contribution in [2.45, 2.75) is 60.4 Å². The van der Waals surface area contributed by atoms with E-state index in [0.717, 1.165) is 38.5 Å². The Labute approximate surface area is 118 Å². The summed E-state index contributed by atoms with van der Waals surface area (Å²) < 4.78 is 22.2. The molecule has 17 heavy (non-hydrogen) atoms. The topological polar surface area (TPSA) is 55.8 Å². The monoisotopic (exact) mass is 390 g/mol. The van der Waals surface area contributed by atoms with Crippen LogP contribution < -0.4 is 0 Å². The molecule has 0 aliphatic heterocycles. The molecule has 0 aromatic carbocycles. The van der Waals surface area contributed by atoms with E-state index in [1.807, 2.05) is 0 Å². The predicted octanol–water partition coefficient (Wildman–Crippen LogP) is 3.75. The zero-order valence-corrected chi connectivity index (χ0v) is 13.5. The largest absolute Gasteiger partial charge is 0.472 e. The summed E-state index contributed by atoms with van der Waals surface area (Å²) in [5.41, 5.74) is 0. The van der Waals surface area contributed by atoms with Gasteiger partial charge in [-0.3, -0.25) is 9.05 Å². The molecule has 7 heteroatoms. The summed E-state index contributed by atoms with van der Waals surface area (Å²) in [7, 11) is -3.89. The van der Waals surface area contributed by atoms with Crippen LogP contribution in [0.1, 0.15) is 38.5 Å². The second kappa shape index (κ2) is 6.02. The van der Waals surface area contributed by atoms with Crippen LogP contribution in [0.3, 0.4) is 0 Å². The van der Waals surface area contributed by atoms with Crippen LogP contribution in [0, 0.1) is 0 Å². The van der Waals surface area contributed by atoms with Crippen molar-refractivity contribution >= 4 is 39.7 Å². The highest BCUT2D eigenvalue weighted by atomic mass is 79.9. The summed E-state index contributed by atoms with van der Waals surface area (Å²) in [5.74, 6) is 0. The molecule has 4 nitrogen and oxygen atoms in total. The molecule has 2 aliphatic rings. The van der Waals surface area contributed by atoms with Gasteiger partial charge in [-0.25, -0.2) is 4.57 Å². The van der Waals surface area contributed by atoms with Gasteiger partial charge in [0.1, 0.15) is 0 Å². The van der Waals surface area contributed by atoms with Crippen LogP contribution in [-0.4, -0.2) is 26.8 Å². The van der Waals surface area contributed by atoms with Crippen molar-refractivity contribution in [1.82, 2.24) is 0 Å². The molecule has 100 valence electrons. The van der Waals surface area contributed by atoms with E-state index >= 15 is 0 Å². The first-order valence-electron chi connectivity index (χ1n) is 5.92. The van der Waals surface area contributed by atoms with Gasteiger partial charge in [0.25, 0.3) is 0 Å². The number of alkyl halides is 2. The maximum Gasteiger partial charge on any atom is 0.472 e. The van der Waals surface area contributed by atoms with Gasteiger partial charge in [0.2, 0.25) is 0 Å². The minimum atomic E-state index is -3.89. The van der Waals surface area contributed by atoms with Crippen LogP contribution in [0.2, 0.25) is 0 Å². The van der Waals surface area contributed by atoms with Gasteiger partial charge in [-0.2, -0.15) is 0 Å². The lowest BCUT2D eigenvalue weighted by atomic mass is 10.3. The lowest BCUT2D eigenvalue weighted by Crippen LogP contribution is -2.13. The molecule has 2 fully saturated rings. The van der Waals surface area contributed by atoms with Crippen molar-refractivity contribution in [3.8, 4) is 0 Å². The van der Waals surface area contributed by atoms with E-state index in [2.05, 4.69) is 31.9 Å². The van der Waals surface area contributed by atoms with Gasteiger partial charge in [-0.1, -0.05) is 31.9 Å². The highest BCUT2D eigenvalue weighted by Gasteiger charge is 2.36. The van der Waals surface area contributed by atoms with Crippen LogP contribution >= 0.6 is 39.7 Å². The Morgan fingerprint density at radius 1 is 0.941 bits per heavy atom. The Bertz CT molecular complexity index is 289. The lowest BCUT2D eigenvalue weighted by molar-refractivity contribution is 0.0786. The van der Waals surface area contributed by atoms with E-state index in [-0.39, 0.29) is 12.2 Å². The lowest BCUT2D eigenvalue weighted by Gasteiger charge is -2.19. The van der Waals surface area contributed by atoms with Crippen molar-refractivity contribution in [2.75, 3.05) is 0 Å². The molecule has 0 spiro atoms. The third-order valence-corrected chi connectivity index (χ3v) is 6.00. The second-order valence-corrected chi connectivity index (χ2v) is 8.69. The summed E-state index contributed by atoms with van der Waals surface area (Å²) in [4.78, 5) is 10.5. The van der Waals surface area contributed by atoms with Gasteiger partial charge in [0.15, 0.2) is 0 Å². The minimum absolute atomic E-state index is 0.156. The fourth-order valence-corrected chi connectivity index (χ4v) is 4.92. The number of phosphoric acid groups is 1. The Morgan fingerprint density at radius 2 is 1.35 bits per heavy atom.